The molecule has 1 amide bonds. The summed E-state index contributed by atoms with van der Waals surface area (Å²) in [5, 5.41) is 10.4. The van der Waals surface area contributed by atoms with Crippen molar-refractivity contribution in [1.29, 1.82) is 0 Å². The van der Waals surface area contributed by atoms with Gasteiger partial charge in [-0.2, -0.15) is 5.10 Å². The molecule has 0 saturated carbocycles. The third-order valence-corrected chi connectivity index (χ3v) is 4.06. The largest absolute Gasteiger partial charge is 0.450 e. The van der Waals surface area contributed by atoms with Gasteiger partial charge in [0.15, 0.2) is 5.11 Å². The van der Waals surface area contributed by atoms with E-state index in [-0.39, 0.29) is 0 Å². The molecule has 0 atom stereocenters. The van der Waals surface area contributed by atoms with Crippen LogP contribution >= 0.6 is 12.2 Å². The molecule has 2 aromatic rings. The Morgan fingerprint density at radius 2 is 1.84 bits per heavy atom. The molecule has 1 aliphatic rings. The Morgan fingerprint density at radius 3 is 2.56 bits per heavy atom. The summed E-state index contributed by atoms with van der Waals surface area (Å²) in [6, 6.07) is 13.7. The van der Waals surface area contributed by atoms with Crippen molar-refractivity contribution in [2.45, 2.75) is 6.92 Å². The van der Waals surface area contributed by atoms with Gasteiger partial charge < -0.3 is 10.1 Å². The van der Waals surface area contributed by atoms with Gasteiger partial charge in [0, 0.05) is 23.9 Å². The molecule has 7 heteroatoms. The Balaban J connectivity index is 2.00. The number of hydrogen-bond donors (Lipinski definition) is 3. The molecule has 0 fully saturated rings. The van der Waals surface area contributed by atoms with Crippen LogP contribution in [0.15, 0.2) is 47.6 Å². The fraction of sp³-hybridized carbons (Fsp3) is 0.167. The minimum absolute atomic E-state index is 0.320. The van der Waals surface area contributed by atoms with Gasteiger partial charge in [-0.1, -0.05) is 30.3 Å². The zero-order valence-electron chi connectivity index (χ0n) is 13.9. The van der Waals surface area contributed by atoms with E-state index in [0.717, 1.165) is 28.0 Å². The van der Waals surface area contributed by atoms with E-state index in [2.05, 4.69) is 21.2 Å². The van der Waals surface area contributed by atoms with Gasteiger partial charge in [0.1, 0.15) is 0 Å². The second-order valence-corrected chi connectivity index (χ2v) is 5.71. The number of hydrogen-bond acceptors (Lipinski definition) is 4. The molecule has 3 N–H and O–H groups in total. The second-order valence-electron chi connectivity index (χ2n) is 5.30. The zero-order chi connectivity index (χ0) is 17.8. The first kappa shape index (κ1) is 16.9. The van der Waals surface area contributed by atoms with Crippen LogP contribution in [0.3, 0.4) is 0 Å². The standard InChI is InChI=1S/C18H18N4O2S/c1-3-24-18(23)20-11-8-9-13-12-6-4-5-7-14(12)16(15(13)10-11)21-22-17(25)19-2/h4-10H,3H2,1-2H3,(H,20,23)(H2,19,22,25)/b21-16+. The van der Waals surface area contributed by atoms with E-state index in [4.69, 9.17) is 17.0 Å². The van der Waals surface area contributed by atoms with Crippen molar-refractivity contribution in [2.75, 3.05) is 19.0 Å². The van der Waals surface area contributed by atoms with E-state index in [1.165, 1.54) is 0 Å². The van der Waals surface area contributed by atoms with E-state index < -0.39 is 6.09 Å². The highest BCUT2D eigenvalue weighted by molar-refractivity contribution is 7.80. The molecule has 0 aliphatic heterocycles. The number of nitrogens with one attached hydrogen (secondary N) is 3. The first-order valence-electron chi connectivity index (χ1n) is 7.87. The fourth-order valence-corrected chi connectivity index (χ4v) is 2.74. The molecule has 1 aliphatic carbocycles. The van der Waals surface area contributed by atoms with Gasteiger partial charge >= 0.3 is 6.09 Å². The van der Waals surface area contributed by atoms with Gasteiger partial charge in [-0.25, -0.2) is 4.79 Å². The van der Waals surface area contributed by atoms with Crippen LogP contribution in [0.1, 0.15) is 18.1 Å². The molecular formula is C18H18N4O2S. The van der Waals surface area contributed by atoms with Crippen LogP contribution in [-0.2, 0) is 4.74 Å². The summed E-state index contributed by atoms with van der Waals surface area (Å²) in [5.41, 5.74) is 8.33. The van der Waals surface area contributed by atoms with Crippen LogP contribution in [0.25, 0.3) is 11.1 Å². The lowest BCUT2D eigenvalue weighted by molar-refractivity contribution is 0.168. The molecule has 0 bridgehead atoms. The van der Waals surface area contributed by atoms with E-state index in [9.17, 15) is 4.79 Å². The molecule has 3 rings (SSSR count). The van der Waals surface area contributed by atoms with Crippen molar-refractivity contribution >= 4 is 34.8 Å². The summed E-state index contributed by atoms with van der Waals surface area (Å²) < 4.78 is 4.93. The average Bonchev–Trinajstić information content (AvgIpc) is 2.93. The van der Waals surface area contributed by atoms with E-state index in [1.54, 1.807) is 14.0 Å². The number of carbonyl (C=O) groups is 1. The van der Waals surface area contributed by atoms with Crippen molar-refractivity contribution in [3.05, 3.63) is 53.6 Å². The smallest absolute Gasteiger partial charge is 0.411 e. The summed E-state index contributed by atoms with van der Waals surface area (Å²) in [6.07, 6.45) is -0.481. The molecule has 0 radical (unpaired) electrons. The molecule has 2 aromatic carbocycles. The van der Waals surface area contributed by atoms with Gasteiger partial charge in [-0.3, -0.25) is 10.7 Å². The Hall–Kier alpha value is -2.93. The lowest BCUT2D eigenvalue weighted by Crippen LogP contribution is -2.29. The van der Waals surface area contributed by atoms with Crippen LogP contribution in [0.2, 0.25) is 0 Å². The van der Waals surface area contributed by atoms with Crippen molar-refractivity contribution in [3.8, 4) is 11.1 Å². The third kappa shape index (κ3) is 3.46. The number of benzene rings is 2. The van der Waals surface area contributed by atoms with Crippen LogP contribution < -0.4 is 16.1 Å². The molecule has 0 saturated heterocycles. The maximum atomic E-state index is 11.7. The lowest BCUT2D eigenvalue weighted by atomic mass is 10.1. The number of thiocarbonyl (C=S) groups is 1. The van der Waals surface area contributed by atoms with Crippen molar-refractivity contribution in [1.82, 2.24) is 10.7 Å². The van der Waals surface area contributed by atoms with Gasteiger partial charge in [-0.05, 0) is 42.4 Å². The number of ether oxygens (including phenoxy) is 1. The summed E-state index contributed by atoms with van der Waals surface area (Å²) in [4.78, 5) is 11.7. The number of fused-ring (bicyclic) bond motifs is 3. The molecule has 0 unspecified atom stereocenters. The Bertz CT molecular complexity index is 864. The predicted molar refractivity (Wildman–Crippen MR) is 103 cm³/mol. The third-order valence-electron chi connectivity index (χ3n) is 3.77. The maximum absolute atomic E-state index is 11.7. The van der Waals surface area contributed by atoms with Crippen LogP contribution in [-0.4, -0.2) is 30.6 Å². The highest BCUT2D eigenvalue weighted by Crippen LogP contribution is 2.38. The SMILES string of the molecule is CCOC(=O)Nc1ccc2c(c1)/C(=N/NC(=S)NC)c1ccccc1-2. The maximum Gasteiger partial charge on any atom is 0.411 e. The number of anilines is 1. The van der Waals surface area contributed by atoms with E-state index >= 15 is 0 Å². The fourth-order valence-electron chi connectivity index (χ4n) is 2.69. The topological polar surface area (TPSA) is 74.8 Å². The number of hydrazone groups is 1. The summed E-state index contributed by atoms with van der Waals surface area (Å²) in [7, 11) is 1.73. The normalized spacial score (nSPS) is 13.0. The first-order chi connectivity index (χ1) is 12.1. The lowest BCUT2D eigenvalue weighted by Gasteiger charge is -2.08. The number of amides is 1. The minimum Gasteiger partial charge on any atom is -0.450 e. The number of nitrogens with zero attached hydrogens (tertiary/aromatic N) is 1. The number of rotatable bonds is 3. The van der Waals surface area contributed by atoms with Gasteiger partial charge in [0.2, 0.25) is 0 Å². The van der Waals surface area contributed by atoms with Gasteiger partial charge in [0.25, 0.3) is 0 Å². The van der Waals surface area contributed by atoms with E-state index in [1.807, 2.05) is 42.5 Å². The van der Waals surface area contributed by atoms with Crippen molar-refractivity contribution in [3.63, 3.8) is 0 Å². The quantitative estimate of drug-likeness (QED) is 0.498. The van der Waals surface area contributed by atoms with Gasteiger partial charge in [0.05, 0.1) is 12.3 Å². The Morgan fingerprint density at radius 1 is 1.12 bits per heavy atom. The summed E-state index contributed by atoms with van der Waals surface area (Å²) in [6.45, 7) is 2.08. The summed E-state index contributed by atoms with van der Waals surface area (Å²) in [5.74, 6) is 0. The monoisotopic (exact) mass is 354 g/mol. The van der Waals surface area contributed by atoms with E-state index in [0.29, 0.717) is 17.4 Å². The molecule has 128 valence electrons. The highest BCUT2D eigenvalue weighted by atomic mass is 32.1. The Labute approximate surface area is 151 Å². The van der Waals surface area contributed by atoms with Crippen molar-refractivity contribution in [2.24, 2.45) is 5.10 Å². The predicted octanol–water partition coefficient (Wildman–Crippen LogP) is 3.08. The molecule has 0 spiro atoms. The van der Waals surface area contributed by atoms with Crippen LogP contribution in [0, 0.1) is 0 Å². The van der Waals surface area contributed by atoms with Gasteiger partial charge in [-0.15, -0.1) is 0 Å². The Kier molecular flexibility index (Phi) is 4.95. The zero-order valence-corrected chi connectivity index (χ0v) is 14.7. The second kappa shape index (κ2) is 7.31. The molecule has 0 aromatic heterocycles. The average molecular weight is 354 g/mol. The molecular weight excluding hydrogens is 336 g/mol. The summed E-state index contributed by atoms with van der Waals surface area (Å²) >= 11 is 5.10. The molecule has 0 heterocycles. The number of carbonyl (C=O) groups excluding carboxylic acids is 1. The van der Waals surface area contributed by atoms with Crippen LogP contribution in [0.5, 0.6) is 0 Å². The van der Waals surface area contributed by atoms with Crippen molar-refractivity contribution < 1.29 is 9.53 Å². The van der Waals surface area contributed by atoms with Crippen LogP contribution in [0.4, 0.5) is 10.5 Å². The first-order valence-corrected chi connectivity index (χ1v) is 8.28. The minimum atomic E-state index is -0.481. The molecule has 25 heavy (non-hydrogen) atoms. The molecule has 6 nitrogen and oxygen atoms in total. The highest BCUT2D eigenvalue weighted by Gasteiger charge is 2.25.